The molecule has 0 aliphatic carbocycles. The SMILES string of the molecule is CCc1c(OC(C)=O)c(-c2ccccc2)nn1Cc1ccc(OCCc2nc(-c3ccccc3)oc2C)nc1. The van der Waals surface area contributed by atoms with E-state index in [1.54, 1.807) is 6.20 Å². The summed E-state index contributed by atoms with van der Waals surface area (Å²) in [5, 5.41) is 4.80. The van der Waals surface area contributed by atoms with E-state index in [1.165, 1.54) is 6.92 Å². The van der Waals surface area contributed by atoms with Gasteiger partial charge < -0.3 is 13.9 Å². The van der Waals surface area contributed by atoms with Crippen LogP contribution in [0.3, 0.4) is 0 Å². The fourth-order valence-corrected chi connectivity index (χ4v) is 4.37. The number of carbonyl (C=O) groups is 1. The molecular weight excluding hydrogens is 492 g/mol. The second-order valence-corrected chi connectivity index (χ2v) is 9.09. The summed E-state index contributed by atoms with van der Waals surface area (Å²) in [6.07, 6.45) is 3.05. The number of aryl methyl sites for hydroxylation is 1. The Bertz CT molecular complexity index is 1540. The first-order valence-corrected chi connectivity index (χ1v) is 12.9. The van der Waals surface area contributed by atoms with Crippen LogP contribution in [0.1, 0.15) is 36.6 Å². The lowest BCUT2D eigenvalue weighted by Crippen LogP contribution is -2.09. The first-order chi connectivity index (χ1) is 19.0. The van der Waals surface area contributed by atoms with E-state index in [9.17, 15) is 4.79 Å². The molecule has 0 fully saturated rings. The van der Waals surface area contributed by atoms with Gasteiger partial charge in [0, 0.05) is 36.7 Å². The van der Waals surface area contributed by atoms with Crippen LogP contribution in [0.25, 0.3) is 22.7 Å². The third-order valence-electron chi connectivity index (χ3n) is 6.27. The van der Waals surface area contributed by atoms with Gasteiger partial charge >= 0.3 is 5.97 Å². The van der Waals surface area contributed by atoms with Gasteiger partial charge in [-0.1, -0.05) is 61.5 Å². The van der Waals surface area contributed by atoms with E-state index in [4.69, 9.17) is 19.0 Å². The molecule has 5 rings (SSSR count). The third-order valence-corrected chi connectivity index (χ3v) is 6.27. The van der Waals surface area contributed by atoms with Gasteiger partial charge in [-0.25, -0.2) is 9.97 Å². The highest BCUT2D eigenvalue weighted by molar-refractivity contribution is 5.75. The fourth-order valence-electron chi connectivity index (χ4n) is 4.37. The molecular formula is C31H30N4O4. The Hall–Kier alpha value is -4.72. The van der Waals surface area contributed by atoms with Crippen LogP contribution in [0.4, 0.5) is 0 Å². The molecule has 3 aromatic heterocycles. The van der Waals surface area contributed by atoms with Crippen molar-refractivity contribution in [3.05, 3.63) is 102 Å². The summed E-state index contributed by atoms with van der Waals surface area (Å²) in [5.41, 5.74) is 5.16. The number of aromatic nitrogens is 4. The summed E-state index contributed by atoms with van der Waals surface area (Å²) in [7, 11) is 0. The maximum absolute atomic E-state index is 11.8. The molecule has 39 heavy (non-hydrogen) atoms. The molecule has 0 saturated heterocycles. The number of esters is 1. The highest BCUT2D eigenvalue weighted by atomic mass is 16.5. The lowest BCUT2D eigenvalue weighted by molar-refractivity contribution is -0.131. The second-order valence-electron chi connectivity index (χ2n) is 9.09. The lowest BCUT2D eigenvalue weighted by atomic mass is 10.1. The van der Waals surface area contributed by atoms with Gasteiger partial charge in [-0.2, -0.15) is 5.10 Å². The number of nitrogens with zero attached hydrogens (tertiary/aromatic N) is 4. The Balaban J connectivity index is 1.25. The molecule has 0 bridgehead atoms. The van der Waals surface area contributed by atoms with E-state index in [0.29, 0.717) is 49.2 Å². The monoisotopic (exact) mass is 522 g/mol. The molecule has 8 heteroatoms. The predicted molar refractivity (Wildman–Crippen MR) is 148 cm³/mol. The highest BCUT2D eigenvalue weighted by Crippen LogP contribution is 2.34. The summed E-state index contributed by atoms with van der Waals surface area (Å²) in [6, 6.07) is 23.4. The molecule has 0 radical (unpaired) electrons. The Morgan fingerprint density at radius 3 is 2.33 bits per heavy atom. The molecule has 2 aromatic carbocycles. The summed E-state index contributed by atoms with van der Waals surface area (Å²) >= 11 is 0. The van der Waals surface area contributed by atoms with E-state index in [1.807, 2.05) is 91.3 Å². The van der Waals surface area contributed by atoms with Gasteiger partial charge in [0.2, 0.25) is 11.8 Å². The quantitative estimate of drug-likeness (QED) is 0.206. The summed E-state index contributed by atoms with van der Waals surface area (Å²) in [5.74, 6) is 2.06. The summed E-state index contributed by atoms with van der Waals surface area (Å²) in [4.78, 5) is 20.9. The molecule has 0 saturated carbocycles. The van der Waals surface area contributed by atoms with Crippen molar-refractivity contribution in [2.24, 2.45) is 0 Å². The molecule has 0 N–H and O–H groups in total. The number of ether oxygens (including phenoxy) is 2. The second kappa shape index (κ2) is 11.8. The third kappa shape index (κ3) is 6.06. The van der Waals surface area contributed by atoms with Crippen molar-refractivity contribution < 1.29 is 18.7 Å². The topological polar surface area (TPSA) is 92.3 Å². The van der Waals surface area contributed by atoms with Crippen molar-refractivity contribution in [2.45, 2.75) is 40.2 Å². The molecule has 198 valence electrons. The molecule has 8 nitrogen and oxygen atoms in total. The molecule has 0 atom stereocenters. The van der Waals surface area contributed by atoms with E-state index < -0.39 is 0 Å². The Labute approximate surface area is 227 Å². The van der Waals surface area contributed by atoms with Crippen molar-refractivity contribution in [2.75, 3.05) is 6.61 Å². The zero-order valence-corrected chi connectivity index (χ0v) is 22.3. The molecule has 0 amide bonds. The number of hydrogen-bond acceptors (Lipinski definition) is 7. The minimum Gasteiger partial charge on any atom is -0.477 e. The van der Waals surface area contributed by atoms with Gasteiger partial charge in [0.15, 0.2) is 5.75 Å². The van der Waals surface area contributed by atoms with E-state index >= 15 is 0 Å². The number of rotatable bonds is 10. The normalized spacial score (nSPS) is 10.9. The van der Waals surface area contributed by atoms with Crippen LogP contribution in [0, 0.1) is 6.92 Å². The van der Waals surface area contributed by atoms with Crippen LogP contribution < -0.4 is 9.47 Å². The molecule has 0 spiro atoms. The van der Waals surface area contributed by atoms with E-state index in [0.717, 1.165) is 33.8 Å². The first-order valence-electron chi connectivity index (χ1n) is 12.9. The van der Waals surface area contributed by atoms with Gasteiger partial charge in [0.1, 0.15) is 11.5 Å². The largest absolute Gasteiger partial charge is 0.477 e. The van der Waals surface area contributed by atoms with Gasteiger partial charge in [-0.3, -0.25) is 9.48 Å². The maximum Gasteiger partial charge on any atom is 0.308 e. The van der Waals surface area contributed by atoms with Gasteiger partial charge in [0.25, 0.3) is 0 Å². The number of oxazole rings is 1. The molecule has 3 heterocycles. The Morgan fingerprint density at radius 1 is 0.974 bits per heavy atom. The van der Waals surface area contributed by atoms with Crippen LogP contribution >= 0.6 is 0 Å². The zero-order valence-electron chi connectivity index (χ0n) is 22.3. The zero-order chi connectivity index (χ0) is 27.2. The van der Waals surface area contributed by atoms with Crippen LogP contribution in [0.2, 0.25) is 0 Å². The molecule has 0 unspecified atom stereocenters. The van der Waals surface area contributed by atoms with Crippen molar-refractivity contribution in [3.63, 3.8) is 0 Å². The fraction of sp³-hybridized carbons (Fsp3) is 0.226. The van der Waals surface area contributed by atoms with Gasteiger partial charge in [0.05, 0.1) is 24.5 Å². The average Bonchev–Trinajstić information content (AvgIpc) is 3.49. The minimum atomic E-state index is -0.373. The number of pyridine rings is 1. The first kappa shape index (κ1) is 25.9. The maximum atomic E-state index is 11.8. The Morgan fingerprint density at radius 2 is 1.69 bits per heavy atom. The minimum absolute atomic E-state index is 0.373. The van der Waals surface area contributed by atoms with E-state index in [-0.39, 0.29) is 5.97 Å². The summed E-state index contributed by atoms with van der Waals surface area (Å²) in [6.45, 7) is 6.25. The van der Waals surface area contributed by atoms with Crippen LogP contribution in [0.15, 0.2) is 83.4 Å². The molecule has 0 aliphatic rings. The van der Waals surface area contributed by atoms with Crippen LogP contribution in [-0.4, -0.2) is 32.3 Å². The van der Waals surface area contributed by atoms with Gasteiger partial charge in [-0.05, 0) is 31.0 Å². The molecule has 5 aromatic rings. The van der Waals surface area contributed by atoms with Crippen molar-refractivity contribution in [1.82, 2.24) is 19.7 Å². The van der Waals surface area contributed by atoms with Crippen LogP contribution in [-0.2, 0) is 24.2 Å². The van der Waals surface area contributed by atoms with E-state index in [2.05, 4.69) is 9.97 Å². The lowest BCUT2D eigenvalue weighted by Gasteiger charge is -2.09. The van der Waals surface area contributed by atoms with Crippen molar-refractivity contribution in [3.8, 4) is 34.3 Å². The highest BCUT2D eigenvalue weighted by Gasteiger charge is 2.21. The number of benzene rings is 2. The average molecular weight is 523 g/mol. The van der Waals surface area contributed by atoms with Crippen molar-refractivity contribution >= 4 is 5.97 Å². The smallest absolute Gasteiger partial charge is 0.308 e. The van der Waals surface area contributed by atoms with Crippen molar-refractivity contribution in [1.29, 1.82) is 0 Å². The number of hydrogen-bond donors (Lipinski definition) is 0. The summed E-state index contributed by atoms with van der Waals surface area (Å²) < 4.78 is 19.2. The Kier molecular flexibility index (Phi) is 7.82. The van der Waals surface area contributed by atoms with Gasteiger partial charge in [-0.15, -0.1) is 0 Å². The standard InChI is InChI=1S/C31H30N4O4/c1-4-27-30(39-22(3)36)29(24-11-7-5-8-12-24)34-35(27)20-23-15-16-28(32-19-23)37-18-17-26-21(2)38-31(33-26)25-13-9-6-10-14-25/h5-16,19H,4,17-18,20H2,1-3H3. The predicted octanol–water partition coefficient (Wildman–Crippen LogP) is 6.07. The number of carbonyl (C=O) groups excluding carboxylic acids is 1. The van der Waals surface area contributed by atoms with Crippen LogP contribution in [0.5, 0.6) is 11.6 Å². The molecule has 0 aliphatic heterocycles.